The van der Waals surface area contributed by atoms with Gasteiger partial charge in [0.05, 0.1) is 6.61 Å². The van der Waals surface area contributed by atoms with Crippen LogP contribution in [-0.4, -0.2) is 80.4 Å². The van der Waals surface area contributed by atoms with E-state index in [1.165, 1.54) is 0 Å². The van der Waals surface area contributed by atoms with Crippen molar-refractivity contribution in [3.8, 4) is 0 Å². The Morgan fingerprint density at radius 1 is 1.03 bits per heavy atom. The molecule has 3 rings (SSSR count). The van der Waals surface area contributed by atoms with E-state index in [2.05, 4.69) is 0 Å². The van der Waals surface area contributed by atoms with Crippen LogP contribution in [0.15, 0.2) is 23.1 Å². The van der Waals surface area contributed by atoms with Crippen molar-refractivity contribution >= 4 is 22.0 Å². The van der Waals surface area contributed by atoms with E-state index in [0.717, 1.165) is 16.4 Å². The molecule has 2 aliphatic rings. The number of nitrogens with zero attached hydrogens (tertiary/aromatic N) is 3. The maximum absolute atomic E-state index is 13.9. The third kappa shape index (κ3) is 4.72. The first-order valence-corrected chi connectivity index (χ1v) is 11.3. The zero-order chi connectivity index (χ0) is 21.9. The van der Waals surface area contributed by atoms with Gasteiger partial charge in [-0.3, -0.25) is 4.79 Å². The van der Waals surface area contributed by atoms with Gasteiger partial charge < -0.3 is 14.5 Å². The molecule has 2 fully saturated rings. The fourth-order valence-electron chi connectivity index (χ4n) is 3.74. The van der Waals surface area contributed by atoms with Crippen LogP contribution >= 0.6 is 0 Å². The summed E-state index contributed by atoms with van der Waals surface area (Å²) in [4.78, 5) is 27.1. The number of amides is 2. The summed E-state index contributed by atoms with van der Waals surface area (Å²) < 4.78 is 58.7. The summed E-state index contributed by atoms with van der Waals surface area (Å²) in [7, 11) is -4.18. The number of rotatable bonds is 4. The van der Waals surface area contributed by atoms with E-state index in [1.54, 1.807) is 16.7 Å². The molecule has 1 aromatic rings. The SMILES string of the molecule is CCOC(=O)N1CCN(C(=O)C2CCN(S(=O)(=O)c3cc(F)ccc3F)CC2)CC1. The molecule has 166 valence electrons. The maximum Gasteiger partial charge on any atom is 0.409 e. The van der Waals surface area contributed by atoms with Crippen molar-refractivity contribution in [3.63, 3.8) is 0 Å². The number of piperidine rings is 1. The van der Waals surface area contributed by atoms with Crippen LogP contribution in [0, 0.1) is 17.6 Å². The molecule has 0 bridgehead atoms. The number of benzene rings is 1. The molecule has 0 N–H and O–H groups in total. The van der Waals surface area contributed by atoms with Gasteiger partial charge in [-0.15, -0.1) is 0 Å². The van der Waals surface area contributed by atoms with Crippen molar-refractivity contribution < 1.29 is 31.5 Å². The van der Waals surface area contributed by atoms with Crippen LogP contribution in [0.1, 0.15) is 19.8 Å². The van der Waals surface area contributed by atoms with E-state index in [0.29, 0.717) is 51.7 Å². The van der Waals surface area contributed by atoms with Gasteiger partial charge in [0.1, 0.15) is 16.5 Å². The molecule has 8 nitrogen and oxygen atoms in total. The van der Waals surface area contributed by atoms with Gasteiger partial charge in [-0.2, -0.15) is 4.31 Å². The van der Waals surface area contributed by atoms with Crippen molar-refractivity contribution in [2.75, 3.05) is 45.9 Å². The molecule has 2 aliphatic heterocycles. The van der Waals surface area contributed by atoms with Crippen molar-refractivity contribution in [2.24, 2.45) is 5.92 Å². The first-order valence-electron chi connectivity index (χ1n) is 9.89. The Bertz CT molecular complexity index is 895. The van der Waals surface area contributed by atoms with Crippen LogP contribution in [0.5, 0.6) is 0 Å². The first kappa shape index (κ1) is 22.4. The Balaban J connectivity index is 1.56. The largest absolute Gasteiger partial charge is 0.450 e. The van der Waals surface area contributed by atoms with E-state index >= 15 is 0 Å². The highest BCUT2D eigenvalue weighted by Crippen LogP contribution is 2.27. The predicted octanol–water partition coefficient (Wildman–Crippen LogP) is 1.67. The van der Waals surface area contributed by atoms with E-state index in [4.69, 9.17) is 4.74 Å². The van der Waals surface area contributed by atoms with Gasteiger partial charge in [-0.25, -0.2) is 22.0 Å². The third-order valence-corrected chi connectivity index (χ3v) is 7.35. The number of ether oxygens (including phenoxy) is 1. The fourth-order valence-corrected chi connectivity index (χ4v) is 5.29. The van der Waals surface area contributed by atoms with Gasteiger partial charge in [-0.05, 0) is 38.0 Å². The molecule has 11 heteroatoms. The van der Waals surface area contributed by atoms with Crippen LogP contribution in [-0.2, 0) is 19.6 Å². The van der Waals surface area contributed by atoms with Crippen LogP contribution in [0.2, 0.25) is 0 Å². The lowest BCUT2D eigenvalue weighted by molar-refractivity contribution is -0.138. The summed E-state index contributed by atoms with van der Waals surface area (Å²) in [6.07, 6.45) is 0.202. The van der Waals surface area contributed by atoms with Crippen molar-refractivity contribution in [1.29, 1.82) is 0 Å². The van der Waals surface area contributed by atoms with Crippen LogP contribution < -0.4 is 0 Å². The minimum absolute atomic E-state index is 0.0531. The van der Waals surface area contributed by atoms with Gasteiger partial charge in [0.25, 0.3) is 0 Å². The molecule has 2 heterocycles. The molecule has 2 amide bonds. The quantitative estimate of drug-likeness (QED) is 0.704. The van der Waals surface area contributed by atoms with E-state index in [1.807, 2.05) is 0 Å². The average molecular weight is 445 g/mol. The zero-order valence-electron chi connectivity index (χ0n) is 16.7. The van der Waals surface area contributed by atoms with Crippen molar-refractivity contribution in [3.05, 3.63) is 29.8 Å². The Labute approximate surface area is 174 Å². The zero-order valence-corrected chi connectivity index (χ0v) is 17.5. The van der Waals surface area contributed by atoms with Crippen molar-refractivity contribution in [2.45, 2.75) is 24.7 Å². The summed E-state index contributed by atoms with van der Waals surface area (Å²) in [5.41, 5.74) is 0. The molecule has 0 radical (unpaired) electrons. The monoisotopic (exact) mass is 445 g/mol. The molecular weight excluding hydrogens is 420 g/mol. The van der Waals surface area contributed by atoms with Gasteiger partial charge in [0.2, 0.25) is 15.9 Å². The predicted molar refractivity (Wildman–Crippen MR) is 103 cm³/mol. The Morgan fingerprint density at radius 2 is 1.63 bits per heavy atom. The van der Waals surface area contributed by atoms with E-state index in [-0.39, 0.29) is 24.9 Å². The van der Waals surface area contributed by atoms with E-state index in [9.17, 15) is 26.8 Å². The lowest BCUT2D eigenvalue weighted by Gasteiger charge is -2.37. The number of carbonyl (C=O) groups is 2. The number of sulfonamides is 1. The summed E-state index contributed by atoms with van der Waals surface area (Å²) in [6.45, 7) is 3.68. The van der Waals surface area contributed by atoms with Crippen LogP contribution in [0.4, 0.5) is 13.6 Å². The molecule has 0 spiro atoms. The summed E-state index contributed by atoms with van der Waals surface area (Å²) in [5, 5.41) is 0. The highest BCUT2D eigenvalue weighted by molar-refractivity contribution is 7.89. The smallest absolute Gasteiger partial charge is 0.409 e. The second-order valence-corrected chi connectivity index (χ2v) is 9.17. The second kappa shape index (κ2) is 9.25. The normalized spacial score (nSPS) is 19.0. The second-order valence-electron chi connectivity index (χ2n) is 7.26. The Kier molecular flexibility index (Phi) is 6.91. The molecule has 1 aromatic carbocycles. The fraction of sp³-hybridized carbons (Fsp3) is 0.579. The minimum Gasteiger partial charge on any atom is -0.450 e. The van der Waals surface area contributed by atoms with Gasteiger partial charge in [0.15, 0.2) is 0 Å². The number of piperazine rings is 1. The Morgan fingerprint density at radius 3 is 2.23 bits per heavy atom. The molecular formula is C19H25F2N3O5S. The third-order valence-electron chi connectivity index (χ3n) is 5.43. The molecule has 0 unspecified atom stereocenters. The minimum atomic E-state index is -4.18. The van der Waals surface area contributed by atoms with Gasteiger partial charge in [0, 0.05) is 45.2 Å². The topological polar surface area (TPSA) is 87.2 Å². The maximum atomic E-state index is 13.9. The summed E-state index contributed by atoms with van der Waals surface area (Å²) in [6, 6.07) is 2.32. The van der Waals surface area contributed by atoms with Crippen LogP contribution in [0.3, 0.4) is 0 Å². The first-order chi connectivity index (χ1) is 14.2. The summed E-state index contributed by atoms with van der Waals surface area (Å²) in [5.74, 6) is -2.26. The standard InChI is InChI=1S/C19H25F2N3O5S/c1-2-29-19(26)23-11-9-22(10-12-23)18(25)14-5-7-24(8-6-14)30(27,28)17-13-15(20)3-4-16(17)21/h3-4,13-14H,2,5-12H2,1H3. The highest BCUT2D eigenvalue weighted by atomic mass is 32.2. The van der Waals surface area contributed by atoms with E-state index < -0.39 is 32.6 Å². The van der Waals surface area contributed by atoms with Crippen molar-refractivity contribution in [1.82, 2.24) is 14.1 Å². The molecule has 30 heavy (non-hydrogen) atoms. The molecule has 0 saturated carbocycles. The van der Waals surface area contributed by atoms with Crippen LogP contribution in [0.25, 0.3) is 0 Å². The Hall–Kier alpha value is -2.27. The molecule has 0 aromatic heterocycles. The highest BCUT2D eigenvalue weighted by Gasteiger charge is 2.36. The summed E-state index contributed by atoms with van der Waals surface area (Å²) >= 11 is 0. The number of carbonyl (C=O) groups excluding carboxylic acids is 2. The lowest BCUT2D eigenvalue weighted by Crippen LogP contribution is -2.53. The number of halogens is 2. The number of hydrogen-bond acceptors (Lipinski definition) is 5. The molecule has 2 saturated heterocycles. The van der Waals surface area contributed by atoms with Gasteiger partial charge in [-0.1, -0.05) is 0 Å². The lowest BCUT2D eigenvalue weighted by atomic mass is 9.96. The molecule has 0 atom stereocenters. The molecule has 0 aliphatic carbocycles. The average Bonchev–Trinajstić information content (AvgIpc) is 2.75. The number of hydrogen-bond donors (Lipinski definition) is 0. The van der Waals surface area contributed by atoms with Gasteiger partial charge >= 0.3 is 6.09 Å².